The molecule has 4 nitrogen and oxygen atoms in total. The first-order chi connectivity index (χ1) is 18.4. The van der Waals surface area contributed by atoms with Crippen molar-refractivity contribution in [3.8, 4) is 16.3 Å². The average Bonchev–Trinajstić information content (AvgIpc) is 3.26. The Balaban J connectivity index is 1.69. The van der Waals surface area contributed by atoms with Gasteiger partial charge in [-0.25, -0.2) is 14.2 Å². The fourth-order valence-corrected chi connectivity index (χ4v) is 6.72. The number of thiazole rings is 1. The molecule has 4 aromatic rings. The summed E-state index contributed by atoms with van der Waals surface area (Å²) in [5.74, 6) is -1.08. The molecule has 0 aliphatic carbocycles. The highest BCUT2D eigenvalue weighted by Crippen LogP contribution is 2.45. The third-order valence-electron chi connectivity index (χ3n) is 5.81. The minimum absolute atomic E-state index is 0.238. The van der Waals surface area contributed by atoms with Crippen LogP contribution in [0.3, 0.4) is 0 Å². The fraction of sp³-hybridized carbons (Fsp3) is 0.214. The van der Waals surface area contributed by atoms with E-state index in [0.717, 1.165) is 27.5 Å². The number of benzene rings is 3. The second-order valence-corrected chi connectivity index (χ2v) is 11.4. The molecule has 1 N–H and O–H groups in total. The van der Waals surface area contributed by atoms with Gasteiger partial charge in [-0.05, 0) is 68.3 Å². The molecule has 0 saturated carbocycles. The van der Waals surface area contributed by atoms with Gasteiger partial charge in [-0.2, -0.15) is 13.2 Å². The van der Waals surface area contributed by atoms with E-state index < -0.39 is 30.1 Å². The molecule has 0 amide bonds. The fourth-order valence-electron chi connectivity index (χ4n) is 3.89. The Morgan fingerprint density at radius 3 is 2.46 bits per heavy atom. The summed E-state index contributed by atoms with van der Waals surface area (Å²) in [6.07, 6.45) is -4.20. The Morgan fingerprint density at radius 1 is 1.13 bits per heavy atom. The van der Waals surface area contributed by atoms with Crippen molar-refractivity contribution in [1.29, 1.82) is 0 Å². The lowest BCUT2D eigenvalue weighted by Gasteiger charge is -2.18. The van der Waals surface area contributed by atoms with Crippen LogP contribution in [0.25, 0.3) is 10.6 Å². The van der Waals surface area contributed by atoms with Crippen molar-refractivity contribution in [3.05, 3.63) is 98.8 Å². The van der Waals surface area contributed by atoms with E-state index in [0.29, 0.717) is 32.6 Å². The van der Waals surface area contributed by atoms with Crippen LogP contribution >= 0.6 is 34.7 Å². The van der Waals surface area contributed by atoms with E-state index in [1.54, 1.807) is 25.1 Å². The van der Waals surface area contributed by atoms with Gasteiger partial charge in [0.05, 0.1) is 11.3 Å². The normalized spacial score (nSPS) is 12.4. The van der Waals surface area contributed by atoms with E-state index >= 15 is 0 Å². The maximum Gasteiger partial charge on any atom is 0.416 e. The second-order valence-electron chi connectivity index (χ2n) is 8.66. The molecule has 3 aromatic carbocycles. The Labute approximate surface area is 235 Å². The molecule has 1 heterocycles. The number of hydrogen-bond donors (Lipinski definition) is 1. The monoisotopic (exact) mass is 595 g/mol. The Hall–Kier alpha value is -3.08. The van der Waals surface area contributed by atoms with Crippen LogP contribution in [0.4, 0.5) is 17.6 Å². The first-order valence-corrected chi connectivity index (χ1v) is 13.7. The summed E-state index contributed by atoms with van der Waals surface area (Å²) in [7, 11) is 0. The van der Waals surface area contributed by atoms with Gasteiger partial charge in [-0.1, -0.05) is 29.8 Å². The van der Waals surface area contributed by atoms with Crippen LogP contribution in [0, 0.1) is 19.7 Å². The largest absolute Gasteiger partial charge is 0.482 e. The molecule has 39 heavy (non-hydrogen) atoms. The van der Waals surface area contributed by atoms with Gasteiger partial charge < -0.3 is 9.84 Å². The van der Waals surface area contributed by atoms with Gasteiger partial charge in [0.15, 0.2) is 6.61 Å². The number of ether oxygens (including phenoxy) is 1. The topological polar surface area (TPSA) is 59.4 Å². The number of hydrogen-bond acceptors (Lipinski definition) is 5. The smallest absolute Gasteiger partial charge is 0.416 e. The summed E-state index contributed by atoms with van der Waals surface area (Å²) in [6, 6.07) is 14.6. The molecule has 0 radical (unpaired) electrons. The van der Waals surface area contributed by atoms with Gasteiger partial charge in [0.2, 0.25) is 0 Å². The standard InChI is InChI=1S/C28H22ClF4NO3S2/c1-15-12-19(10-11-23(15)37-14-25(35)36)38-24(13-20-21(29)4-3-5-22(20)30)26-16(2)34-27(39-26)17-6-8-18(9-7-17)28(31,32)33/h3-12,24H,13-14H2,1-2H3,(H,35,36). The van der Waals surface area contributed by atoms with E-state index in [4.69, 9.17) is 21.4 Å². The van der Waals surface area contributed by atoms with Gasteiger partial charge in [-0.15, -0.1) is 23.1 Å². The van der Waals surface area contributed by atoms with Gasteiger partial charge in [0.1, 0.15) is 16.6 Å². The average molecular weight is 596 g/mol. The van der Waals surface area contributed by atoms with Crippen molar-refractivity contribution in [2.24, 2.45) is 0 Å². The van der Waals surface area contributed by atoms with E-state index in [2.05, 4.69) is 4.98 Å². The Bertz CT molecular complexity index is 1470. The molecular weight excluding hydrogens is 574 g/mol. The number of alkyl halides is 3. The molecule has 0 bridgehead atoms. The molecule has 204 valence electrons. The van der Waals surface area contributed by atoms with Crippen molar-refractivity contribution >= 4 is 40.7 Å². The Kier molecular flexibility index (Phi) is 8.88. The SMILES string of the molecule is Cc1cc(SC(Cc2c(F)cccc2Cl)c2sc(-c3ccc(C(F)(F)F)cc3)nc2C)ccc1OCC(=O)O. The van der Waals surface area contributed by atoms with E-state index in [1.165, 1.54) is 47.4 Å². The van der Waals surface area contributed by atoms with Crippen LogP contribution in [0.5, 0.6) is 5.75 Å². The molecule has 0 saturated heterocycles. The summed E-state index contributed by atoms with van der Waals surface area (Å²) in [5.41, 5.74) is 1.56. The molecule has 0 aliphatic rings. The highest BCUT2D eigenvalue weighted by atomic mass is 35.5. The number of carbonyl (C=O) groups is 1. The summed E-state index contributed by atoms with van der Waals surface area (Å²) in [4.78, 5) is 17.1. The van der Waals surface area contributed by atoms with Crippen molar-refractivity contribution in [2.75, 3.05) is 6.61 Å². The molecule has 1 atom stereocenters. The number of carboxylic acid groups (broad SMARTS) is 1. The van der Waals surface area contributed by atoms with Crippen LogP contribution in [0.15, 0.2) is 65.6 Å². The quantitative estimate of drug-likeness (QED) is 0.155. The van der Waals surface area contributed by atoms with Gasteiger partial charge in [0.25, 0.3) is 0 Å². The summed E-state index contributed by atoms with van der Waals surface area (Å²) in [5, 5.41) is 9.40. The minimum Gasteiger partial charge on any atom is -0.482 e. The van der Waals surface area contributed by atoms with Crippen molar-refractivity contribution in [1.82, 2.24) is 4.98 Å². The molecule has 4 rings (SSSR count). The number of halogens is 5. The third kappa shape index (κ3) is 7.12. The van der Waals surface area contributed by atoms with Crippen LogP contribution in [-0.4, -0.2) is 22.7 Å². The van der Waals surface area contributed by atoms with E-state index in [9.17, 15) is 22.4 Å². The molecule has 0 aliphatic heterocycles. The first kappa shape index (κ1) is 28.9. The summed E-state index contributed by atoms with van der Waals surface area (Å²) in [6.45, 7) is 3.14. The zero-order chi connectivity index (χ0) is 28.3. The minimum atomic E-state index is -4.43. The number of carboxylic acids is 1. The van der Waals surface area contributed by atoms with Gasteiger partial charge >= 0.3 is 12.1 Å². The summed E-state index contributed by atoms with van der Waals surface area (Å²) < 4.78 is 59.1. The first-order valence-electron chi connectivity index (χ1n) is 11.6. The lowest BCUT2D eigenvalue weighted by molar-refractivity contribution is -0.139. The van der Waals surface area contributed by atoms with Crippen LogP contribution in [0.1, 0.15) is 32.5 Å². The summed E-state index contributed by atoms with van der Waals surface area (Å²) >= 11 is 9.13. The van der Waals surface area contributed by atoms with Crippen molar-refractivity contribution in [2.45, 2.75) is 36.6 Å². The number of thioether (sulfide) groups is 1. The number of rotatable bonds is 9. The molecule has 1 aromatic heterocycles. The van der Waals surface area contributed by atoms with Crippen molar-refractivity contribution in [3.63, 3.8) is 0 Å². The van der Waals surface area contributed by atoms with Crippen LogP contribution in [-0.2, 0) is 17.4 Å². The molecule has 0 fully saturated rings. The predicted octanol–water partition coefficient (Wildman–Crippen LogP) is 8.78. The molecular formula is C28H22ClF4NO3S2. The third-order valence-corrected chi connectivity index (χ3v) is 8.85. The lowest BCUT2D eigenvalue weighted by atomic mass is 10.1. The van der Waals surface area contributed by atoms with Gasteiger partial charge in [0, 0.05) is 31.2 Å². The molecule has 11 heteroatoms. The van der Waals surface area contributed by atoms with Gasteiger partial charge in [-0.3, -0.25) is 0 Å². The highest BCUT2D eigenvalue weighted by Gasteiger charge is 2.30. The van der Waals surface area contributed by atoms with E-state index in [1.807, 2.05) is 13.0 Å². The number of aromatic nitrogens is 1. The molecule has 1 unspecified atom stereocenters. The zero-order valence-electron chi connectivity index (χ0n) is 20.7. The predicted molar refractivity (Wildman–Crippen MR) is 145 cm³/mol. The number of aryl methyl sites for hydroxylation is 2. The lowest BCUT2D eigenvalue weighted by Crippen LogP contribution is -2.10. The Morgan fingerprint density at radius 2 is 1.85 bits per heavy atom. The van der Waals surface area contributed by atoms with E-state index in [-0.39, 0.29) is 11.7 Å². The number of aliphatic carboxylic acids is 1. The highest BCUT2D eigenvalue weighted by molar-refractivity contribution is 7.99. The zero-order valence-corrected chi connectivity index (χ0v) is 23.1. The maximum absolute atomic E-state index is 14.8. The molecule has 0 spiro atoms. The van der Waals surface area contributed by atoms with Crippen LogP contribution < -0.4 is 4.74 Å². The van der Waals surface area contributed by atoms with Crippen molar-refractivity contribution < 1.29 is 32.2 Å². The maximum atomic E-state index is 14.8. The second kappa shape index (κ2) is 12.0. The van der Waals surface area contributed by atoms with Crippen LogP contribution in [0.2, 0.25) is 5.02 Å². The number of nitrogens with zero attached hydrogens (tertiary/aromatic N) is 1.